The molecule has 1 aromatic heterocycles. The summed E-state index contributed by atoms with van der Waals surface area (Å²) in [5.74, 6) is -3.38. The van der Waals surface area contributed by atoms with Crippen molar-refractivity contribution in [1.82, 2.24) is 5.32 Å². The van der Waals surface area contributed by atoms with Crippen LogP contribution in [0.2, 0.25) is 0 Å². The zero-order valence-electron chi connectivity index (χ0n) is 9.00. The van der Waals surface area contributed by atoms with Gasteiger partial charge >= 0.3 is 17.8 Å². The van der Waals surface area contributed by atoms with Gasteiger partial charge in [-0.3, -0.25) is 4.79 Å². The van der Waals surface area contributed by atoms with E-state index in [4.69, 9.17) is 5.11 Å². The first-order valence-corrected chi connectivity index (χ1v) is 5.68. The maximum atomic E-state index is 11.3. The summed E-state index contributed by atoms with van der Waals surface area (Å²) in [4.78, 5) is 33.7. The lowest BCUT2D eigenvalue weighted by Gasteiger charge is -2.11. The first-order valence-electron chi connectivity index (χ1n) is 4.80. The third-order valence-corrected chi connectivity index (χ3v) is 2.75. The van der Waals surface area contributed by atoms with Gasteiger partial charge in [0.2, 0.25) is 0 Å². The number of hydrogen-bond donors (Lipinski definition) is 2. The van der Waals surface area contributed by atoms with E-state index >= 15 is 0 Å². The van der Waals surface area contributed by atoms with Crippen molar-refractivity contribution in [2.75, 3.05) is 6.61 Å². The number of aliphatic carboxylic acids is 1. The molecule has 0 aromatic carbocycles. The van der Waals surface area contributed by atoms with Crippen molar-refractivity contribution in [3.8, 4) is 0 Å². The van der Waals surface area contributed by atoms with Crippen molar-refractivity contribution in [3.05, 3.63) is 22.4 Å². The number of carbonyl (C=O) groups excluding carboxylic acids is 2. The minimum absolute atomic E-state index is 0.0585. The minimum atomic E-state index is -1.23. The molecule has 0 spiro atoms. The molecular weight excluding hydrogens is 246 g/mol. The first kappa shape index (κ1) is 13.2. The summed E-state index contributed by atoms with van der Waals surface area (Å²) in [6.07, 6.45) is 0. The second-order valence-electron chi connectivity index (χ2n) is 2.98. The molecule has 0 aliphatic carbocycles. The summed E-state index contributed by atoms with van der Waals surface area (Å²) in [6.45, 7) is 1.61. The van der Waals surface area contributed by atoms with Gasteiger partial charge in [-0.1, -0.05) is 6.07 Å². The lowest BCUT2D eigenvalue weighted by molar-refractivity contribution is -0.156. The molecule has 1 amide bonds. The molecule has 1 heterocycles. The number of hydrogen-bond acceptors (Lipinski definition) is 5. The Hall–Kier alpha value is -1.89. The summed E-state index contributed by atoms with van der Waals surface area (Å²) in [5, 5.41) is 12.7. The topological polar surface area (TPSA) is 92.7 Å². The molecule has 92 valence electrons. The fourth-order valence-electron chi connectivity index (χ4n) is 1.10. The predicted octanol–water partition coefficient (Wildman–Crippen LogP) is 0.553. The smallest absolute Gasteiger partial charge is 0.396 e. The number of carboxylic acids is 1. The lowest BCUT2D eigenvalue weighted by Crippen LogP contribution is -2.38. The quantitative estimate of drug-likeness (QED) is 0.607. The van der Waals surface area contributed by atoms with Crippen LogP contribution in [0.3, 0.4) is 0 Å². The monoisotopic (exact) mass is 257 g/mol. The van der Waals surface area contributed by atoms with Crippen LogP contribution in [0.25, 0.3) is 0 Å². The molecule has 1 rings (SSSR count). The van der Waals surface area contributed by atoms with Crippen molar-refractivity contribution >= 4 is 29.2 Å². The summed E-state index contributed by atoms with van der Waals surface area (Å²) in [6, 6.07) is 1.99. The molecule has 2 N–H and O–H groups in total. The first-order chi connectivity index (χ1) is 8.06. The van der Waals surface area contributed by atoms with Crippen LogP contribution >= 0.6 is 11.3 Å². The molecule has 0 aliphatic rings. The minimum Gasteiger partial charge on any atom is -0.479 e. The number of ether oxygens (including phenoxy) is 1. The van der Waals surface area contributed by atoms with Crippen molar-refractivity contribution in [3.63, 3.8) is 0 Å². The molecule has 0 radical (unpaired) electrons. The summed E-state index contributed by atoms with van der Waals surface area (Å²) < 4.78 is 4.46. The molecule has 0 saturated heterocycles. The summed E-state index contributed by atoms with van der Waals surface area (Å²) >= 11 is 1.18. The van der Waals surface area contributed by atoms with Crippen LogP contribution < -0.4 is 5.32 Å². The van der Waals surface area contributed by atoms with Gasteiger partial charge in [0.15, 0.2) is 6.04 Å². The van der Waals surface area contributed by atoms with Crippen molar-refractivity contribution in [2.45, 2.75) is 13.0 Å². The maximum absolute atomic E-state index is 11.3. The van der Waals surface area contributed by atoms with Gasteiger partial charge in [-0.15, -0.1) is 11.3 Å². The normalized spacial score (nSPS) is 11.6. The van der Waals surface area contributed by atoms with Crippen LogP contribution in [0.4, 0.5) is 0 Å². The Bertz CT molecular complexity index is 414. The number of rotatable bonds is 4. The van der Waals surface area contributed by atoms with Gasteiger partial charge in [0.25, 0.3) is 0 Å². The average Bonchev–Trinajstić information content (AvgIpc) is 2.78. The van der Waals surface area contributed by atoms with E-state index in [9.17, 15) is 14.4 Å². The highest BCUT2D eigenvalue weighted by molar-refractivity contribution is 7.10. The van der Waals surface area contributed by atoms with Crippen molar-refractivity contribution < 1.29 is 24.2 Å². The fourth-order valence-corrected chi connectivity index (χ4v) is 1.86. The van der Waals surface area contributed by atoms with Gasteiger partial charge in [0, 0.05) is 4.88 Å². The van der Waals surface area contributed by atoms with E-state index in [0.29, 0.717) is 4.88 Å². The number of carbonyl (C=O) groups is 3. The highest BCUT2D eigenvalue weighted by atomic mass is 32.1. The molecule has 17 heavy (non-hydrogen) atoms. The predicted molar refractivity (Wildman–Crippen MR) is 59.5 cm³/mol. The van der Waals surface area contributed by atoms with Gasteiger partial charge in [-0.05, 0) is 18.4 Å². The Labute approximate surface area is 101 Å². The zero-order chi connectivity index (χ0) is 12.8. The second-order valence-corrected chi connectivity index (χ2v) is 3.96. The fraction of sp³-hybridized carbons (Fsp3) is 0.300. The number of thiophene rings is 1. The Balaban J connectivity index is 2.72. The van der Waals surface area contributed by atoms with Gasteiger partial charge in [-0.25, -0.2) is 9.59 Å². The molecule has 0 fully saturated rings. The molecule has 1 atom stereocenters. The standard InChI is InChI=1S/C10H11NO5S/c1-2-16-10(15)8(12)11-7(9(13)14)6-4-3-5-17-6/h3-5,7H,2H2,1H3,(H,11,12)(H,13,14). The lowest BCUT2D eigenvalue weighted by atomic mass is 10.2. The number of nitrogens with one attached hydrogen (secondary N) is 1. The number of carboxylic acid groups (broad SMARTS) is 1. The van der Waals surface area contributed by atoms with Crippen molar-refractivity contribution in [2.24, 2.45) is 0 Å². The van der Waals surface area contributed by atoms with E-state index in [1.54, 1.807) is 24.4 Å². The van der Waals surface area contributed by atoms with Crippen LogP contribution in [-0.2, 0) is 19.1 Å². The Morgan fingerprint density at radius 2 is 2.24 bits per heavy atom. The second kappa shape index (κ2) is 6.00. The molecule has 7 heteroatoms. The Morgan fingerprint density at radius 3 is 2.71 bits per heavy atom. The summed E-state index contributed by atoms with van der Waals surface area (Å²) in [7, 11) is 0. The van der Waals surface area contributed by atoms with Crippen LogP contribution in [0.1, 0.15) is 17.8 Å². The SMILES string of the molecule is CCOC(=O)C(=O)NC(C(=O)O)c1cccs1. The molecule has 1 aromatic rings. The molecule has 0 bridgehead atoms. The van der Waals surface area contributed by atoms with Crippen LogP contribution in [0.5, 0.6) is 0 Å². The van der Waals surface area contributed by atoms with Gasteiger partial charge in [0.05, 0.1) is 6.61 Å². The molecule has 1 unspecified atom stereocenters. The van der Waals surface area contributed by atoms with Crippen LogP contribution in [0.15, 0.2) is 17.5 Å². The van der Waals surface area contributed by atoms with E-state index in [0.717, 1.165) is 0 Å². The highest BCUT2D eigenvalue weighted by Gasteiger charge is 2.26. The largest absolute Gasteiger partial charge is 0.479 e. The van der Waals surface area contributed by atoms with Crippen molar-refractivity contribution in [1.29, 1.82) is 0 Å². The molecule has 6 nitrogen and oxygen atoms in total. The molecule has 0 saturated carbocycles. The Kier molecular flexibility index (Phi) is 4.65. The maximum Gasteiger partial charge on any atom is 0.396 e. The molecular formula is C10H11NO5S. The summed E-state index contributed by atoms with van der Waals surface area (Å²) in [5.41, 5.74) is 0. The van der Waals surface area contributed by atoms with Crippen LogP contribution in [-0.4, -0.2) is 29.6 Å². The Morgan fingerprint density at radius 1 is 1.53 bits per heavy atom. The highest BCUT2D eigenvalue weighted by Crippen LogP contribution is 2.18. The van der Waals surface area contributed by atoms with E-state index in [-0.39, 0.29) is 6.61 Å². The molecule has 0 aliphatic heterocycles. The van der Waals surface area contributed by atoms with Gasteiger partial charge < -0.3 is 15.2 Å². The van der Waals surface area contributed by atoms with E-state index in [1.807, 2.05) is 0 Å². The number of esters is 1. The van der Waals surface area contributed by atoms with E-state index in [2.05, 4.69) is 10.1 Å². The number of amides is 1. The van der Waals surface area contributed by atoms with E-state index < -0.39 is 23.9 Å². The van der Waals surface area contributed by atoms with Gasteiger partial charge in [0.1, 0.15) is 0 Å². The van der Waals surface area contributed by atoms with E-state index in [1.165, 1.54) is 11.3 Å². The average molecular weight is 257 g/mol. The van der Waals surface area contributed by atoms with Gasteiger partial charge in [-0.2, -0.15) is 0 Å². The third kappa shape index (κ3) is 3.56. The van der Waals surface area contributed by atoms with Crippen LogP contribution in [0, 0.1) is 0 Å². The zero-order valence-corrected chi connectivity index (χ0v) is 9.82. The third-order valence-electron chi connectivity index (χ3n) is 1.81.